The number of ether oxygens (including phenoxy) is 1. The Morgan fingerprint density at radius 2 is 2.11 bits per heavy atom. The van der Waals surface area contributed by atoms with Crippen molar-refractivity contribution in [3.63, 3.8) is 0 Å². The van der Waals surface area contributed by atoms with Crippen LogP contribution in [-0.4, -0.2) is 24.9 Å². The molecule has 3 nitrogen and oxygen atoms in total. The molecule has 1 saturated heterocycles. The lowest BCUT2D eigenvalue weighted by Gasteiger charge is -2.47. The molecule has 1 aromatic carbocycles. The highest BCUT2D eigenvalue weighted by Gasteiger charge is 2.44. The zero-order chi connectivity index (χ0) is 12.6. The van der Waals surface area contributed by atoms with Gasteiger partial charge >= 0.3 is 0 Å². The van der Waals surface area contributed by atoms with Gasteiger partial charge in [0.25, 0.3) is 0 Å². The first kappa shape index (κ1) is 12.0. The standard InChI is InChI=1S/C15H21NO2/c16-10-12-2-1-11-9-13(17)3-4-14(11)15(12)5-7-18-8-6-15/h3-4,9,12,17H,1-2,5-8,10,16H2. The third kappa shape index (κ3) is 1.73. The van der Waals surface area contributed by atoms with Crippen LogP contribution in [0.15, 0.2) is 18.2 Å². The quantitative estimate of drug-likeness (QED) is 0.797. The largest absolute Gasteiger partial charge is 0.508 e. The van der Waals surface area contributed by atoms with Crippen LogP contribution in [0.5, 0.6) is 5.75 Å². The average Bonchev–Trinajstić information content (AvgIpc) is 2.40. The Morgan fingerprint density at radius 3 is 2.83 bits per heavy atom. The lowest BCUT2D eigenvalue weighted by molar-refractivity contribution is 0.0214. The molecule has 1 spiro atoms. The minimum Gasteiger partial charge on any atom is -0.508 e. The van der Waals surface area contributed by atoms with E-state index in [1.165, 1.54) is 11.1 Å². The molecule has 1 fully saturated rings. The van der Waals surface area contributed by atoms with Crippen molar-refractivity contribution in [1.29, 1.82) is 0 Å². The second-order valence-electron chi connectivity index (χ2n) is 5.58. The molecule has 3 N–H and O–H groups in total. The first-order valence-electron chi connectivity index (χ1n) is 6.86. The number of aromatic hydroxyl groups is 1. The third-order valence-corrected chi connectivity index (χ3v) is 4.84. The number of nitrogens with two attached hydrogens (primary N) is 1. The van der Waals surface area contributed by atoms with E-state index in [2.05, 4.69) is 6.07 Å². The molecule has 1 aliphatic heterocycles. The number of hydrogen-bond donors (Lipinski definition) is 2. The van der Waals surface area contributed by atoms with Crippen molar-refractivity contribution in [1.82, 2.24) is 0 Å². The van der Waals surface area contributed by atoms with Crippen LogP contribution in [0.25, 0.3) is 0 Å². The molecular formula is C15H21NO2. The lowest BCUT2D eigenvalue weighted by atomic mass is 9.59. The normalized spacial score (nSPS) is 25.9. The second kappa shape index (κ2) is 4.56. The van der Waals surface area contributed by atoms with Gasteiger partial charge in [-0.25, -0.2) is 0 Å². The van der Waals surface area contributed by atoms with Gasteiger partial charge in [0.05, 0.1) is 0 Å². The zero-order valence-electron chi connectivity index (χ0n) is 10.7. The zero-order valence-corrected chi connectivity index (χ0v) is 10.7. The van der Waals surface area contributed by atoms with Crippen molar-refractivity contribution in [2.75, 3.05) is 19.8 Å². The van der Waals surface area contributed by atoms with E-state index in [1.807, 2.05) is 12.1 Å². The van der Waals surface area contributed by atoms with Crippen LogP contribution in [0.1, 0.15) is 30.4 Å². The molecule has 1 heterocycles. The fourth-order valence-corrected chi connectivity index (χ4v) is 3.86. The molecule has 0 radical (unpaired) electrons. The highest BCUT2D eigenvalue weighted by molar-refractivity contribution is 5.42. The molecule has 1 unspecified atom stereocenters. The van der Waals surface area contributed by atoms with E-state index in [0.29, 0.717) is 11.7 Å². The number of benzene rings is 1. The Labute approximate surface area is 108 Å². The highest BCUT2D eigenvalue weighted by atomic mass is 16.5. The number of hydrogen-bond acceptors (Lipinski definition) is 3. The topological polar surface area (TPSA) is 55.5 Å². The summed E-state index contributed by atoms with van der Waals surface area (Å²) < 4.78 is 5.54. The molecule has 3 heteroatoms. The predicted octanol–water partition coefficient (Wildman–Crippen LogP) is 1.96. The summed E-state index contributed by atoms with van der Waals surface area (Å²) in [5, 5.41) is 9.65. The van der Waals surface area contributed by atoms with Gasteiger partial charge in [0.2, 0.25) is 0 Å². The van der Waals surface area contributed by atoms with Crippen LogP contribution in [0, 0.1) is 5.92 Å². The van der Waals surface area contributed by atoms with Gasteiger partial charge in [0.1, 0.15) is 5.75 Å². The maximum Gasteiger partial charge on any atom is 0.115 e. The number of phenolic OH excluding ortho intramolecular Hbond substituents is 1. The van der Waals surface area contributed by atoms with Crippen molar-refractivity contribution in [3.05, 3.63) is 29.3 Å². The molecule has 0 amide bonds. The van der Waals surface area contributed by atoms with Crippen LogP contribution in [0.2, 0.25) is 0 Å². The van der Waals surface area contributed by atoms with Crippen LogP contribution in [0.4, 0.5) is 0 Å². The number of aryl methyl sites for hydroxylation is 1. The molecule has 98 valence electrons. The molecule has 1 atom stereocenters. The summed E-state index contributed by atoms with van der Waals surface area (Å²) in [6.45, 7) is 2.41. The third-order valence-electron chi connectivity index (χ3n) is 4.84. The first-order valence-corrected chi connectivity index (χ1v) is 6.86. The van der Waals surface area contributed by atoms with Gasteiger partial charge in [-0.05, 0) is 61.4 Å². The molecule has 1 aromatic rings. The van der Waals surface area contributed by atoms with Gasteiger partial charge in [0.15, 0.2) is 0 Å². The summed E-state index contributed by atoms with van der Waals surface area (Å²) >= 11 is 0. The van der Waals surface area contributed by atoms with Crippen molar-refractivity contribution >= 4 is 0 Å². The summed E-state index contributed by atoms with van der Waals surface area (Å²) in [5.74, 6) is 0.931. The molecular weight excluding hydrogens is 226 g/mol. The van der Waals surface area contributed by atoms with Crippen LogP contribution >= 0.6 is 0 Å². The van der Waals surface area contributed by atoms with Crippen LogP contribution in [0.3, 0.4) is 0 Å². The minimum absolute atomic E-state index is 0.189. The van der Waals surface area contributed by atoms with Gasteiger partial charge < -0.3 is 15.6 Å². The maximum absolute atomic E-state index is 9.65. The number of rotatable bonds is 1. The fourth-order valence-electron chi connectivity index (χ4n) is 3.86. The molecule has 2 aliphatic rings. The molecule has 1 aliphatic carbocycles. The Bertz CT molecular complexity index is 438. The Balaban J connectivity index is 2.08. The average molecular weight is 247 g/mol. The Hall–Kier alpha value is -1.06. The summed E-state index contributed by atoms with van der Waals surface area (Å²) in [6.07, 6.45) is 4.29. The number of fused-ring (bicyclic) bond motifs is 2. The molecule has 0 aromatic heterocycles. The molecule has 18 heavy (non-hydrogen) atoms. The van der Waals surface area contributed by atoms with Crippen molar-refractivity contribution in [2.24, 2.45) is 11.7 Å². The molecule has 0 bridgehead atoms. The van der Waals surface area contributed by atoms with E-state index in [1.54, 1.807) is 0 Å². The fraction of sp³-hybridized carbons (Fsp3) is 0.600. The summed E-state index contributed by atoms with van der Waals surface area (Å²) in [7, 11) is 0. The first-order chi connectivity index (χ1) is 8.76. The van der Waals surface area contributed by atoms with Gasteiger partial charge in [0, 0.05) is 18.6 Å². The Morgan fingerprint density at radius 1 is 1.33 bits per heavy atom. The van der Waals surface area contributed by atoms with Crippen molar-refractivity contribution in [3.8, 4) is 5.75 Å². The van der Waals surface area contributed by atoms with E-state index >= 15 is 0 Å². The number of phenols is 1. The van der Waals surface area contributed by atoms with E-state index in [-0.39, 0.29) is 5.41 Å². The van der Waals surface area contributed by atoms with Gasteiger partial charge in [-0.1, -0.05) is 6.07 Å². The summed E-state index contributed by atoms with van der Waals surface area (Å²) in [5.41, 5.74) is 8.91. The smallest absolute Gasteiger partial charge is 0.115 e. The Kier molecular flexibility index (Phi) is 3.04. The summed E-state index contributed by atoms with van der Waals surface area (Å²) in [6, 6.07) is 5.85. The van der Waals surface area contributed by atoms with Gasteiger partial charge in [-0.15, -0.1) is 0 Å². The molecule has 3 rings (SSSR count). The SMILES string of the molecule is NCC1CCc2cc(O)ccc2C12CCOCC2. The van der Waals surface area contributed by atoms with Crippen LogP contribution in [-0.2, 0) is 16.6 Å². The van der Waals surface area contributed by atoms with Crippen molar-refractivity contribution in [2.45, 2.75) is 31.1 Å². The van der Waals surface area contributed by atoms with E-state index in [4.69, 9.17) is 10.5 Å². The van der Waals surface area contributed by atoms with Crippen LogP contribution < -0.4 is 5.73 Å². The maximum atomic E-state index is 9.65. The van der Waals surface area contributed by atoms with Gasteiger partial charge in [-0.2, -0.15) is 0 Å². The second-order valence-corrected chi connectivity index (χ2v) is 5.58. The molecule has 0 saturated carbocycles. The van der Waals surface area contributed by atoms with E-state index in [9.17, 15) is 5.11 Å². The predicted molar refractivity (Wildman–Crippen MR) is 70.7 cm³/mol. The van der Waals surface area contributed by atoms with E-state index < -0.39 is 0 Å². The van der Waals surface area contributed by atoms with E-state index in [0.717, 1.165) is 45.4 Å². The summed E-state index contributed by atoms with van der Waals surface area (Å²) in [4.78, 5) is 0. The lowest BCUT2D eigenvalue weighted by Crippen LogP contribution is -2.46. The minimum atomic E-state index is 0.189. The monoisotopic (exact) mass is 247 g/mol. The van der Waals surface area contributed by atoms with Gasteiger partial charge in [-0.3, -0.25) is 0 Å². The van der Waals surface area contributed by atoms with Crippen molar-refractivity contribution < 1.29 is 9.84 Å². The highest BCUT2D eigenvalue weighted by Crippen LogP contribution is 2.48.